The Kier molecular flexibility index (Phi) is 6.88. The molecule has 1 aliphatic carbocycles. The van der Waals surface area contributed by atoms with E-state index < -0.39 is 5.41 Å². The molecule has 3 aliphatic rings. The predicted octanol–water partition coefficient (Wildman–Crippen LogP) is 4.41. The van der Waals surface area contributed by atoms with Crippen molar-refractivity contribution in [3.05, 3.63) is 88.2 Å². The summed E-state index contributed by atoms with van der Waals surface area (Å²) in [7, 11) is 5.82. The standard InChI is InChI=1S/C28H31ClN4O3/c1-31(2)17-18-35-25-23(29)8-6-15-28(25,27(34)33-16-14-20-7-4-5-9-24(20)33)22-12-10-21(11-13-22)26-30-19-36-32(26)3/h4-13,19,26H,14-18H2,1-3H3. The van der Waals surface area contributed by atoms with Gasteiger partial charge in [-0.2, -0.15) is 0 Å². The van der Waals surface area contributed by atoms with Gasteiger partial charge in [0.2, 0.25) is 5.91 Å². The molecule has 0 N–H and O–H groups in total. The highest BCUT2D eigenvalue weighted by Crippen LogP contribution is 2.46. The molecule has 1 amide bonds. The molecule has 5 rings (SSSR count). The lowest BCUT2D eigenvalue weighted by Crippen LogP contribution is -2.49. The number of hydrogen-bond donors (Lipinski definition) is 0. The van der Waals surface area contributed by atoms with Crippen molar-refractivity contribution in [2.45, 2.75) is 24.4 Å². The minimum absolute atomic E-state index is 0.0260. The van der Waals surface area contributed by atoms with Gasteiger partial charge in [0, 0.05) is 25.8 Å². The zero-order valence-corrected chi connectivity index (χ0v) is 21.6. The molecule has 0 saturated carbocycles. The normalized spacial score (nSPS) is 23.4. The van der Waals surface area contributed by atoms with Crippen LogP contribution in [-0.2, 0) is 26.2 Å². The molecule has 2 aromatic rings. The summed E-state index contributed by atoms with van der Waals surface area (Å²) in [4.78, 5) is 28.3. The third-order valence-electron chi connectivity index (χ3n) is 7.04. The molecule has 2 aromatic carbocycles. The quantitative estimate of drug-likeness (QED) is 0.557. The van der Waals surface area contributed by atoms with Gasteiger partial charge in [-0.25, -0.2) is 4.99 Å². The summed E-state index contributed by atoms with van der Waals surface area (Å²) >= 11 is 6.78. The minimum Gasteiger partial charge on any atom is -0.494 e. The van der Waals surface area contributed by atoms with Crippen molar-refractivity contribution in [2.24, 2.45) is 4.99 Å². The van der Waals surface area contributed by atoms with Gasteiger partial charge in [0.1, 0.15) is 17.8 Å². The van der Waals surface area contributed by atoms with Crippen molar-refractivity contribution in [3.63, 3.8) is 0 Å². The molecule has 0 bridgehead atoms. The monoisotopic (exact) mass is 506 g/mol. The van der Waals surface area contributed by atoms with E-state index in [0.29, 0.717) is 36.9 Å². The van der Waals surface area contributed by atoms with Gasteiger partial charge in [0.15, 0.2) is 12.6 Å². The van der Waals surface area contributed by atoms with Crippen LogP contribution in [0.5, 0.6) is 0 Å². The van der Waals surface area contributed by atoms with E-state index in [0.717, 1.165) is 23.2 Å². The summed E-state index contributed by atoms with van der Waals surface area (Å²) in [5, 5.41) is 2.14. The number of allylic oxidation sites excluding steroid dienone is 3. The Morgan fingerprint density at radius 1 is 1.22 bits per heavy atom. The lowest BCUT2D eigenvalue weighted by Gasteiger charge is -2.39. The number of carbonyl (C=O) groups excluding carboxylic acids is 1. The number of carbonyl (C=O) groups is 1. The largest absolute Gasteiger partial charge is 0.494 e. The first kappa shape index (κ1) is 24.6. The summed E-state index contributed by atoms with van der Waals surface area (Å²) in [5.74, 6) is 0.483. The molecule has 36 heavy (non-hydrogen) atoms. The van der Waals surface area contributed by atoms with Crippen molar-refractivity contribution >= 4 is 29.6 Å². The molecule has 2 unspecified atom stereocenters. The maximum absolute atomic E-state index is 14.6. The maximum atomic E-state index is 14.6. The van der Waals surface area contributed by atoms with Crippen LogP contribution < -0.4 is 4.90 Å². The van der Waals surface area contributed by atoms with E-state index in [1.165, 1.54) is 12.0 Å². The summed E-state index contributed by atoms with van der Waals surface area (Å²) in [6, 6.07) is 16.1. The van der Waals surface area contributed by atoms with Crippen molar-refractivity contribution < 1.29 is 14.4 Å². The number of aliphatic imine (C=N–C) groups is 1. The molecule has 0 spiro atoms. The van der Waals surface area contributed by atoms with Crippen LogP contribution in [0.4, 0.5) is 5.69 Å². The molecular formula is C28H31ClN4O3. The van der Waals surface area contributed by atoms with Gasteiger partial charge in [-0.15, -0.1) is 5.06 Å². The van der Waals surface area contributed by atoms with E-state index in [-0.39, 0.29) is 12.1 Å². The van der Waals surface area contributed by atoms with Gasteiger partial charge >= 0.3 is 0 Å². The van der Waals surface area contributed by atoms with Crippen LogP contribution in [0.25, 0.3) is 0 Å². The molecule has 2 aliphatic heterocycles. The number of hydrogen-bond acceptors (Lipinski definition) is 6. The Bertz CT molecular complexity index is 1220. The summed E-state index contributed by atoms with van der Waals surface area (Å²) in [5.41, 5.74) is 2.87. The number of anilines is 1. The number of fused-ring (bicyclic) bond motifs is 1. The number of amides is 1. The first-order valence-corrected chi connectivity index (χ1v) is 12.6. The van der Waals surface area contributed by atoms with E-state index >= 15 is 0 Å². The molecular weight excluding hydrogens is 476 g/mol. The molecule has 0 fully saturated rings. The summed E-state index contributed by atoms with van der Waals surface area (Å²) in [6.45, 7) is 1.76. The first-order chi connectivity index (χ1) is 17.4. The van der Waals surface area contributed by atoms with Crippen LogP contribution in [0, 0.1) is 0 Å². The fraction of sp³-hybridized carbons (Fsp3) is 0.357. The van der Waals surface area contributed by atoms with Crippen LogP contribution >= 0.6 is 11.6 Å². The topological polar surface area (TPSA) is 57.6 Å². The Labute approximate surface area is 217 Å². The third kappa shape index (κ3) is 4.32. The summed E-state index contributed by atoms with van der Waals surface area (Å²) in [6.07, 6.45) is 6.31. The van der Waals surface area contributed by atoms with E-state index in [2.05, 4.69) is 11.1 Å². The lowest BCUT2D eigenvalue weighted by atomic mass is 9.72. The second-order valence-electron chi connectivity index (χ2n) is 9.58. The van der Waals surface area contributed by atoms with Crippen LogP contribution in [0.3, 0.4) is 0 Å². The fourth-order valence-electron chi connectivity index (χ4n) is 5.12. The van der Waals surface area contributed by atoms with Crippen LogP contribution in [0.15, 0.2) is 76.5 Å². The highest BCUT2D eigenvalue weighted by molar-refractivity contribution is 6.32. The number of hydroxylamine groups is 2. The number of benzene rings is 2. The van der Waals surface area contributed by atoms with Crippen LogP contribution in [0.2, 0.25) is 0 Å². The molecule has 2 atom stereocenters. The Hall–Kier alpha value is -3.13. The van der Waals surface area contributed by atoms with Gasteiger partial charge in [-0.3, -0.25) is 4.79 Å². The zero-order chi connectivity index (χ0) is 25.3. The predicted molar refractivity (Wildman–Crippen MR) is 142 cm³/mol. The Balaban J connectivity index is 1.58. The molecule has 2 heterocycles. The fourth-order valence-corrected chi connectivity index (χ4v) is 5.42. The van der Waals surface area contributed by atoms with Crippen molar-refractivity contribution in [1.82, 2.24) is 9.96 Å². The second-order valence-corrected chi connectivity index (χ2v) is 9.99. The number of rotatable bonds is 7. The van der Waals surface area contributed by atoms with E-state index in [1.54, 1.807) is 5.06 Å². The average molecular weight is 507 g/mol. The number of nitrogens with zero attached hydrogens (tertiary/aromatic N) is 4. The molecule has 0 aromatic heterocycles. The highest BCUT2D eigenvalue weighted by atomic mass is 35.5. The lowest BCUT2D eigenvalue weighted by molar-refractivity contribution is -0.124. The average Bonchev–Trinajstić information content (AvgIpc) is 3.51. The van der Waals surface area contributed by atoms with Gasteiger partial charge in [0.25, 0.3) is 0 Å². The number of ether oxygens (including phenoxy) is 1. The van der Waals surface area contributed by atoms with E-state index in [4.69, 9.17) is 21.2 Å². The SMILES string of the molecule is CN(C)CCOC1=C(Cl)C=CCC1(C(=O)N1CCc2ccccc21)c1ccc(C2N=CON2C)cc1. The maximum Gasteiger partial charge on any atom is 0.245 e. The van der Waals surface area contributed by atoms with Crippen LogP contribution in [0.1, 0.15) is 29.3 Å². The zero-order valence-electron chi connectivity index (χ0n) is 20.9. The number of para-hydroxylation sites is 1. The van der Waals surface area contributed by atoms with Crippen molar-refractivity contribution in [3.8, 4) is 0 Å². The van der Waals surface area contributed by atoms with Crippen LogP contribution in [-0.4, -0.2) is 63.1 Å². The van der Waals surface area contributed by atoms with Gasteiger partial charge < -0.3 is 19.4 Å². The molecule has 0 radical (unpaired) electrons. The molecule has 0 saturated heterocycles. The van der Waals surface area contributed by atoms with E-state index in [9.17, 15) is 4.79 Å². The van der Waals surface area contributed by atoms with Crippen molar-refractivity contribution in [2.75, 3.05) is 45.7 Å². The minimum atomic E-state index is -1.07. The Morgan fingerprint density at radius 2 is 2.00 bits per heavy atom. The smallest absolute Gasteiger partial charge is 0.245 e. The van der Waals surface area contributed by atoms with Crippen molar-refractivity contribution in [1.29, 1.82) is 0 Å². The molecule has 188 valence electrons. The van der Waals surface area contributed by atoms with Gasteiger partial charge in [0.05, 0.1) is 5.03 Å². The summed E-state index contributed by atoms with van der Waals surface area (Å²) < 4.78 is 6.35. The Morgan fingerprint density at radius 3 is 2.72 bits per heavy atom. The van der Waals surface area contributed by atoms with E-state index in [1.807, 2.05) is 85.6 Å². The molecule has 8 heteroatoms. The van der Waals surface area contributed by atoms with Gasteiger partial charge in [-0.05, 0) is 55.8 Å². The van der Waals surface area contributed by atoms with Gasteiger partial charge in [-0.1, -0.05) is 60.1 Å². The first-order valence-electron chi connectivity index (χ1n) is 12.2. The number of halogens is 1. The highest BCUT2D eigenvalue weighted by Gasteiger charge is 2.50. The number of likely N-dealkylation sites (N-methyl/N-ethyl adjacent to an activating group) is 1. The third-order valence-corrected chi connectivity index (χ3v) is 7.33. The second kappa shape index (κ2) is 10.1. The molecule has 7 nitrogen and oxygen atoms in total.